The summed E-state index contributed by atoms with van der Waals surface area (Å²) < 4.78 is 1.36. The maximum absolute atomic E-state index is 12.3. The Balaban J connectivity index is 1.96. The summed E-state index contributed by atoms with van der Waals surface area (Å²) in [5, 5.41) is 12.6. The third kappa shape index (κ3) is 4.03. The molecule has 0 radical (unpaired) electrons. The van der Waals surface area contributed by atoms with Crippen LogP contribution in [0.3, 0.4) is 0 Å². The molecule has 0 aliphatic carbocycles. The molecule has 27 heavy (non-hydrogen) atoms. The maximum Gasteiger partial charge on any atom is 0.325 e. The minimum atomic E-state index is -0.473. The third-order valence-corrected chi connectivity index (χ3v) is 4.62. The number of carbonyl (C=O) groups is 2. The summed E-state index contributed by atoms with van der Waals surface area (Å²) in [6.07, 6.45) is 0. The topological polar surface area (TPSA) is 101 Å². The van der Waals surface area contributed by atoms with Crippen LogP contribution in [0.25, 0.3) is 0 Å². The Bertz CT molecular complexity index is 976. The highest BCUT2D eigenvalue weighted by atomic mass is 32.1. The molecule has 0 atom stereocenters. The first kappa shape index (κ1) is 18.7. The van der Waals surface area contributed by atoms with Crippen LogP contribution in [-0.2, 0) is 10.2 Å². The van der Waals surface area contributed by atoms with Gasteiger partial charge in [0.25, 0.3) is 11.9 Å². The van der Waals surface area contributed by atoms with Gasteiger partial charge in [0.2, 0.25) is 0 Å². The van der Waals surface area contributed by atoms with Gasteiger partial charge in [-0.25, -0.2) is 9.79 Å². The quantitative estimate of drug-likeness (QED) is 0.773. The van der Waals surface area contributed by atoms with Gasteiger partial charge in [-0.1, -0.05) is 27.4 Å². The average Bonchev–Trinajstić information content (AvgIpc) is 3.21. The largest absolute Gasteiger partial charge is 0.325 e. The van der Waals surface area contributed by atoms with Gasteiger partial charge in [0.15, 0.2) is 0 Å². The number of urea groups is 1. The highest BCUT2D eigenvalue weighted by Crippen LogP contribution is 2.25. The van der Waals surface area contributed by atoms with Crippen molar-refractivity contribution in [3.05, 3.63) is 41.4 Å². The van der Waals surface area contributed by atoms with Gasteiger partial charge in [-0.3, -0.25) is 15.4 Å². The fraction of sp³-hybridized carbons (Fsp3) is 0.278. The number of hydrogen-bond acceptors (Lipinski definition) is 5. The molecule has 1 aliphatic heterocycles. The van der Waals surface area contributed by atoms with Gasteiger partial charge in [-0.05, 0) is 24.4 Å². The van der Waals surface area contributed by atoms with Gasteiger partial charge in [0.1, 0.15) is 5.82 Å². The predicted molar refractivity (Wildman–Crippen MR) is 108 cm³/mol. The lowest BCUT2D eigenvalue weighted by Crippen LogP contribution is -2.26. The molecule has 2 aromatic heterocycles. The number of carbonyl (C=O) groups excluding carboxylic acids is 2. The minimum absolute atomic E-state index is 0.0897. The van der Waals surface area contributed by atoms with Crippen molar-refractivity contribution < 1.29 is 9.59 Å². The first-order valence-electron chi connectivity index (χ1n) is 8.25. The van der Waals surface area contributed by atoms with E-state index in [1.54, 1.807) is 19.1 Å². The standard InChI is InChI=1S/C18H20N6O2S/c1-10-11(2)19-16(22-15(10)25)24-13(9-12(23-24)18(3,4)5)20-17(26)21-14-7-6-8-27-14/h6-9H,1H2,2-5H3,(H2,20,21,26). The summed E-state index contributed by atoms with van der Waals surface area (Å²) in [5.41, 5.74) is 1.16. The minimum Gasteiger partial charge on any atom is -0.299 e. The van der Waals surface area contributed by atoms with Crippen LogP contribution in [0.4, 0.5) is 15.6 Å². The van der Waals surface area contributed by atoms with Crippen LogP contribution < -0.4 is 10.6 Å². The predicted octanol–water partition coefficient (Wildman–Crippen LogP) is 3.65. The number of anilines is 2. The van der Waals surface area contributed by atoms with E-state index in [4.69, 9.17) is 0 Å². The number of nitrogens with one attached hydrogen (secondary N) is 2. The molecule has 0 saturated carbocycles. The second kappa shape index (κ2) is 6.92. The lowest BCUT2D eigenvalue weighted by molar-refractivity contribution is -0.113. The van der Waals surface area contributed by atoms with Crippen molar-refractivity contribution in [3.8, 4) is 0 Å². The zero-order valence-electron chi connectivity index (χ0n) is 15.5. The number of amides is 3. The molecule has 0 saturated heterocycles. The number of aliphatic imine (C=N–C) groups is 2. The van der Waals surface area contributed by atoms with Crippen LogP contribution in [0, 0.1) is 0 Å². The molecule has 3 amide bonds. The van der Waals surface area contributed by atoms with E-state index in [1.807, 2.05) is 32.2 Å². The molecule has 9 heteroatoms. The molecule has 140 valence electrons. The molecule has 3 rings (SSSR count). The summed E-state index contributed by atoms with van der Waals surface area (Å²) >= 11 is 1.41. The molecule has 0 spiro atoms. The first-order valence-corrected chi connectivity index (χ1v) is 9.13. The van der Waals surface area contributed by atoms with Crippen LogP contribution >= 0.6 is 11.3 Å². The number of nitrogens with zero attached hydrogens (tertiary/aromatic N) is 4. The van der Waals surface area contributed by atoms with E-state index in [2.05, 4.69) is 32.3 Å². The van der Waals surface area contributed by atoms with Crippen molar-refractivity contribution in [1.82, 2.24) is 9.78 Å². The average molecular weight is 384 g/mol. The van der Waals surface area contributed by atoms with Gasteiger partial charge in [0.05, 0.1) is 22.0 Å². The maximum atomic E-state index is 12.3. The molecular formula is C18H20N6O2S. The molecule has 3 heterocycles. The van der Waals surface area contributed by atoms with Crippen LogP contribution in [0.2, 0.25) is 0 Å². The third-order valence-electron chi connectivity index (χ3n) is 3.83. The fourth-order valence-electron chi connectivity index (χ4n) is 2.25. The molecule has 0 fully saturated rings. The van der Waals surface area contributed by atoms with Crippen LogP contribution in [0.5, 0.6) is 0 Å². The lowest BCUT2D eigenvalue weighted by Gasteiger charge is -2.14. The summed E-state index contributed by atoms with van der Waals surface area (Å²) in [7, 11) is 0. The fourth-order valence-corrected chi connectivity index (χ4v) is 2.86. The van der Waals surface area contributed by atoms with E-state index >= 15 is 0 Å². The lowest BCUT2D eigenvalue weighted by atomic mass is 9.92. The van der Waals surface area contributed by atoms with Crippen molar-refractivity contribution in [2.45, 2.75) is 33.1 Å². The normalized spacial score (nSPS) is 14.7. The van der Waals surface area contributed by atoms with Crippen molar-refractivity contribution in [2.75, 3.05) is 10.6 Å². The number of aromatic nitrogens is 2. The van der Waals surface area contributed by atoms with Gasteiger partial charge in [0, 0.05) is 11.5 Å². The van der Waals surface area contributed by atoms with E-state index in [1.165, 1.54) is 16.0 Å². The summed E-state index contributed by atoms with van der Waals surface area (Å²) in [4.78, 5) is 32.6. The highest BCUT2D eigenvalue weighted by molar-refractivity contribution is 7.14. The first-order chi connectivity index (χ1) is 12.6. The molecular weight excluding hydrogens is 364 g/mol. The summed E-state index contributed by atoms with van der Waals surface area (Å²) in [6.45, 7) is 11.3. The van der Waals surface area contributed by atoms with Gasteiger partial charge >= 0.3 is 6.03 Å². The molecule has 0 bridgehead atoms. The molecule has 2 aromatic rings. The molecule has 1 aliphatic rings. The summed E-state index contributed by atoms with van der Waals surface area (Å²) in [6, 6.07) is 4.96. The Labute approximate surface area is 160 Å². The molecule has 0 aromatic carbocycles. The van der Waals surface area contributed by atoms with E-state index in [-0.39, 0.29) is 16.9 Å². The number of hydrogen-bond donors (Lipinski definition) is 2. The Hall–Kier alpha value is -3.07. The SMILES string of the molecule is C=C1C(=O)N=C(n2nc(C(C)(C)C)cc2NC(=O)Nc2cccs2)N=C1C. The molecule has 8 nitrogen and oxygen atoms in total. The number of rotatable bonds is 2. The zero-order valence-corrected chi connectivity index (χ0v) is 16.3. The summed E-state index contributed by atoms with van der Waals surface area (Å²) in [5.74, 6) is -0.0179. The van der Waals surface area contributed by atoms with Crippen molar-refractivity contribution >= 4 is 45.8 Å². The van der Waals surface area contributed by atoms with E-state index in [0.29, 0.717) is 16.5 Å². The van der Waals surface area contributed by atoms with Gasteiger partial charge in [-0.15, -0.1) is 11.3 Å². The van der Waals surface area contributed by atoms with Crippen molar-refractivity contribution in [1.29, 1.82) is 0 Å². The Morgan fingerprint density at radius 1 is 1.26 bits per heavy atom. The van der Waals surface area contributed by atoms with Crippen LogP contribution in [0.15, 0.2) is 45.7 Å². The smallest absolute Gasteiger partial charge is 0.299 e. The Kier molecular flexibility index (Phi) is 4.79. The monoisotopic (exact) mass is 384 g/mol. The van der Waals surface area contributed by atoms with Crippen LogP contribution in [0.1, 0.15) is 33.4 Å². The Morgan fingerprint density at radius 2 is 2.00 bits per heavy atom. The second-order valence-electron chi connectivity index (χ2n) is 7.03. The van der Waals surface area contributed by atoms with Crippen molar-refractivity contribution in [2.24, 2.45) is 9.98 Å². The van der Waals surface area contributed by atoms with E-state index in [0.717, 1.165) is 5.69 Å². The van der Waals surface area contributed by atoms with E-state index in [9.17, 15) is 9.59 Å². The Morgan fingerprint density at radius 3 is 2.59 bits per heavy atom. The second-order valence-corrected chi connectivity index (χ2v) is 7.97. The molecule has 0 unspecified atom stereocenters. The van der Waals surface area contributed by atoms with Crippen LogP contribution in [-0.4, -0.2) is 33.4 Å². The van der Waals surface area contributed by atoms with Crippen molar-refractivity contribution in [3.63, 3.8) is 0 Å². The number of thiophene rings is 1. The van der Waals surface area contributed by atoms with E-state index < -0.39 is 11.9 Å². The van der Waals surface area contributed by atoms with Gasteiger partial charge in [-0.2, -0.15) is 14.8 Å². The highest BCUT2D eigenvalue weighted by Gasteiger charge is 2.25. The van der Waals surface area contributed by atoms with Gasteiger partial charge < -0.3 is 0 Å². The zero-order chi connectivity index (χ0) is 19.8. The molecule has 2 N–H and O–H groups in total.